The Labute approximate surface area is 166 Å². The van der Waals surface area contributed by atoms with Gasteiger partial charge in [-0.15, -0.1) is 10.2 Å². The highest BCUT2D eigenvalue weighted by Gasteiger charge is 2.17. The summed E-state index contributed by atoms with van der Waals surface area (Å²) in [6, 6.07) is 11.0. The summed E-state index contributed by atoms with van der Waals surface area (Å²) in [6.07, 6.45) is 1.61. The van der Waals surface area contributed by atoms with Crippen molar-refractivity contribution in [3.8, 4) is 17.3 Å². The average molecular weight is 404 g/mol. The van der Waals surface area contributed by atoms with E-state index >= 15 is 0 Å². The fourth-order valence-corrected chi connectivity index (χ4v) is 3.45. The topological polar surface area (TPSA) is 81.9 Å². The lowest BCUT2D eigenvalue weighted by Crippen LogP contribution is -2.14. The Hall–Kier alpha value is -2.58. The van der Waals surface area contributed by atoms with Crippen LogP contribution < -0.4 is 10.1 Å². The first-order valence-corrected chi connectivity index (χ1v) is 9.59. The molecule has 0 aliphatic carbocycles. The number of nitrogens with zero attached hydrogens (tertiary/aromatic N) is 4. The minimum absolute atomic E-state index is 0.109. The highest BCUT2D eigenvalue weighted by Crippen LogP contribution is 2.30. The number of para-hydroxylation sites is 1. The number of thioether (sulfide) groups is 1. The lowest BCUT2D eigenvalue weighted by Gasteiger charge is -2.09. The van der Waals surface area contributed by atoms with Gasteiger partial charge in [0.05, 0.1) is 23.4 Å². The molecule has 0 atom stereocenters. The first-order valence-electron chi connectivity index (χ1n) is 8.23. The largest absolute Gasteiger partial charge is 0.481 e. The van der Waals surface area contributed by atoms with Gasteiger partial charge in [0, 0.05) is 24.5 Å². The van der Waals surface area contributed by atoms with Crippen molar-refractivity contribution in [2.45, 2.75) is 18.6 Å². The van der Waals surface area contributed by atoms with Crippen molar-refractivity contribution in [3.63, 3.8) is 0 Å². The van der Waals surface area contributed by atoms with Gasteiger partial charge in [0.2, 0.25) is 11.8 Å². The second-order valence-corrected chi connectivity index (χ2v) is 6.81. The van der Waals surface area contributed by atoms with Gasteiger partial charge in [0.1, 0.15) is 0 Å². The van der Waals surface area contributed by atoms with Crippen molar-refractivity contribution < 1.29 is 9.53 Å². The molecule has 27 heavy (non-hydrogen) atoms. The number of nitrogens with one attached hydrogen (secondary N) is 1. The summed E-state index contributed by atoms with van der Waals surface area (Å²) in [5.41, 5.74) is 1.42. The summed E-state index contributed by atoms with van der Waals surface area (Å²) < 4.78 is 6.97. The van der Waals surface area contributed by atoms with Crippen LogP contribution in [0.15, 0.2) is 47.8 Å². The summed E-state index contributed by atoms with van der Waals surface area (Å²) in [6.45, 7) is 2.61. The molecular formula is C18H18ClN5O2S. The molecular weight excluding hydrogens is 386 g/mol. The first-order chi connectivity index (χ1) is 13.1. The molecule has 7 nitrogen and oxygen atoms in total. The van der Waals surface area contributed by atoms with Crippen molar-refractivity contribution in [2.75, 3.05) is 18.2 Å². The molecule has 9 heteroatoms. The van der Waals surface area contributed by atoms with Crippen LogP contribution in [0.3, 0.4) is 0 Å². The van der Waals surface area contributed by atoms with Crippen LogP contribution in [0.1, 0.15) is 6.92 Å². The van der Waals surface area contributed by atoms with Crippen molar-refractivity contribution in [3.05, 3.63) is 47.6 Å². The van der Waals surface area contributed by atoms with E-state index in [2.05, 4.69) is 20.5 Å². The van der Waals surface area contributed by atoms with E-state index < -0.39 is 0 Å². The number of ether oxygens (including phenoxy) is 1. The highest BCUT2D eigenvalue weighted by atomic mass is 35.5. The number of hydrogen-bond donors (Lipinski definition) is 1. The van der Waals surface area contributed by atoms with E-state index in [4.69, 9.17) is 16.3 Å². The van der Waals surface area contributed by atoms with Crippen LogP contribution in [0.5, 0.6) is 5.88 Å². The van der Waals surface area contributed by atoms with E-state index in [1.54, 1.807) is 12.3 Å². The monoisotopic (exact) mass is 403 g/mol. The fraction of sp³-hybridized carbons (Fsp3) is 0.222. The quantitative estimate of drug-likeness (QED) is 0.605. The summed E-state index contributed by atoms with van der Waals surface area (Å²) in [7, 11) is 1.53. The summed E-state index contributed by atoms with van der Waals surface area (Å²) in [5.74, 6) is 1.14. The minimum atomic E-state index is -0.109. The maximum atomic E-state index is 12.2. The standard InChI is InChI=1S/C18H18ClN5O2S/c1-3-24-17(13-10-20-16(26-2)9-14(13)19)22-23-18(24)27-11-15(25)21-12-7-5-4-6-8-12/h4-10H,3,11H2,1-2H3,(H,21,25). The molecule has 1 N–H and O–H groups in total. The predicted octanol–water partition coefficient (Wildman–Crippen LogP) is 3.75. The zero-order valence-corrected chi connectivity index (χ0v) is 16.4. The Bertz CT molecular complexity index is 933. The number of pyridine rings is 1. The number of carbonyl (C=O) groups is 1. The molecule has 1 amide bonds. The molecule has 2 aromatic heterocycles. The normalized spacial score (nSPS) is 10.6. The zero-order chi connectivity index (χ0) is 19.2. The first kappa shape index (κ1) is 19.2. The number of amides is 1. The van der Waals surface area contributed by atoms with Gasteiger partial charge in [-0.2, -0.15) is 0 Å². The summed E-state index contributed by atoms with van der Waals surface area (Å²) in [5, 5.41) is 12.4. The Morgan fingerprint density at radius 3 is 2.74 bits per heavy atom. The number of halogens is 1. The predicted molar refractivity (Wildman–Crippen MR) is 106 cm³/mol. The molecule has 3 aromatic rings. The Morgan fingerprint density at radius 1 is 1.30 bits per heavy atom. The van der Waals surface area contributed by atoms with Crippen LogP contribution in [-0.4, -0.2) is 38.5 Å². The molecule has 0 radical (unpaired) electrons. The third-order valence-electron chi connectivity index (χ3n) is 3.70. The minimum Gasteiger partial charge on any atom is -0.481 e. The molecule has 0 aliphatic heterocycles. The van der Waals surface area contributed by atoms with Crippen LogP contribution >= 0.6 is 23.4 Å². The van der Waals surface area contributed by atoms with Gasteiger partial charge in [0.15, 0.2) is 11.0 Å². The molecule has 140 valence electrons. The number of methoxy groups -OCH3 is 1. The molecule has 0 aliphatic rings. The molecule has 3 rings (SSSR count). The lowest BCUT2D eigenvalue weighted by molar-refractivity contribution is -0.113. The fourth-order valence-electron chi connectivity index (χ4n) is 2.42. The van der Waals surface area contributed by atoms with Crippen molar-refractivity contribution in [2.24, 2.45) is 0 Å². The van der Waals surface area contributed by atoms with Gasteiger partial charge in [-0.1, -0.05) is 41.6 Å². The van der Waals surface area contributed by atoms with E-state index in [1.165, 1.54) is 18.9 Å². The number of carbonyl (C=O) groups excluding carboxylic acids is 1. The SMILES string of the molecule is CCn1c(SCC(=O)Nc2ccccc2)nnc1-c1cnc(OC)cc1Cl. The molecule has 0 fully saturated rings. The number of anilines is 1. The highest BCUT2D eigenvalue weighted by molar-refractivity contribution is 7.99. The smallest absolute Gasteiger partial charge is 0.234 e. The maximum absolute atomic E-state index is 12.2. The van der Waals surface area contributed by atoms with Crippen LogP contribution in [0, 0.1) is 0 Å². The average Bonchev–Trinajstić information content (AvgIpc) is 3.09. The van der Waals surface area contributed by atoms with Gasteiger partial charge in [0.25, 0.3) is 0 Å². The molecule has 2 heterocycles. The van der Waals surface area contributed by atoms with Gasteiger partial charge in [-0.25, -0.2) is 4.98 Å². The maximum Gasteiger partial charge on any atom is 0.234 e. The van der Waals surface area contributed by atoms with Crippen molar-refractivity contribution >= 4 is 35.0 Å². The third kappa shape index (κ3) is 4.58. The third-order valence-corrected chi connectivity index (χ3v) is 4.98. The lowest BCUT2D eigenvalue weighted by atomic mass is 10.2. The van der Waals surface area contributed by atoms with Crippen LogP contribution in [0.25, 0.3) is 11.4 Å². The van der Waals surface area contributed by atoms with Crippen molar-refractivity contribution in [1.29, 1.82) is 0 Å². The van der Waals surface area contributed by atoms with Gasteiger partial charge >= 0.3 is 0 Å². The molecule has 0 unspecified atom stereocenters. The second kappa shape index (κ2) is 8.88. The number of aromatic nitrogens is 4. The van der Waals surface area contributed by atoms with Crippen LogP contribution in [-0.2, 0) is 11.3 Å². The number of hydrogen-bond acceptors (Lipinski definition) is 6. The van der Waals surface area contributed by atoms with Crippen LogP contribution in [0.2, 0.25) is 5.02 Å². The molecule has 0 bridgehead atoms. The Morgan fingerprint density at radius 2 is 2.07 bits per heavy atom. The van der Waals surface area contributed by atoms with E-state index in [9.17, 15) is 4.79 Å². The molecule has 0 saturated carbocycles. The van der Waals surface area contributed by atoms with E-state index in [0.717, 1.165) is 5.69 Å². The van der Waals surface area contributed by atoms with E-state index in [-0.39, 0.29) is 11.7 Å². The molecule has 1 aromatic carbocycles. The number of rotatable bonds is 7. The van der Waals surface area contributed by atoms with E-state index in [0.29, 0.717) is 34.0 Å². The van der Waals surface area contributed by atoms with Gasteiger partial charge in [-0.05, 0) is 19.1 Å². The second-order valence-electron chi connectivity index (χ2n) is 5.46. The molecule has 0 saturated heterocycles. The number of benzene rings is 1. The Balaban J connectivity index is 1.73. The summed E-state index contributed by atoms with van der Waals surface area (Å²) >= 11 is 7.64. The van der Waals surface area contributed by atoms with Gasteiger partial charge < -0.3 is 14.6 Å². The van der Waals surface area contributed by atoms with E-state index in [1.807, 2.05) is 41.8 Å². The Kier molecular flexibility index (Phi) is 6.31. The zero-order valence-electron chi connectivity index (χ0n) is 14.8. The van der Waals surface area contributed by atoms with Gasteiger partial charge in [-0.3, -0.25) is 4.79 Å². The van der Waals surface area contributed by atoms with Crippen LogP contribution in [0.4, 0.5) is 5.69 Å². The summed E-state index contributed by atoms with van der Waals surface area (Å²) in [4.78, 5) is 16.3. The van der Waals surface area contributed by atoms with Crippen molar-refractivity contribution in [1.82, 2.24) is 19.7 Å². The molecule has 0 spiro atoms.